The van der Waals surface area contributed by atoms with Gasteiger partial charge in [0.25, 0.3) is 0 Å². The Labute approximate surface area is 186 Å². The molecule has 0 aliphatic carbocycles. The molecule has 0 amide bonds. The minimum absolute atomic E-state index is 0.105. The summed E-state index contributed by atoms with van der Waals surface area (Å²) >= 11 is 2.29. The molecule has 0 heterocycles. The van der Waals surface area contributed by atoms with E-state index >= 15 is 0 Å². The zero-order valence-corrected chi connectivity index (χ0v) is 19.0. The first-order valence-electron chi connectivity index (χ1n) is 9.49. The lowest BCUT2D eigenvalue weighted by Crippen LogP contribution is -2.15. The molecular weight excluding hydrogens is 477 g/mol. The number of aliphatic hydroxyl groups is 1. The van der Waals surface area contributed by atoms with Gasteiger partial charge in [-0.25, -0.2) is 0 Å². The van der Waals surface area contributed by atoms with Crippen LogP contribution >= 0.6 is 22.6 Å². The Hall–Kier alpha value is -2.25. The summed E-state index contributed by atoms with van der Waals surface area (Å²) in [6, 6.07) is 22.0. The highest BCUT2D eigenvalue weighted by Crippen LogP contribution is 2.35. The Balaban J connectivity index is 1.90. The highest BCUT2D eigenvalue weighted by Gasteiger charge is 2.20. The lowest BCUT2D eigenvalue weighted by molar-refractivity contribution is 0.160. The standard InChI is InChI=1S/C24H26INO3/c1-16-4-6-17(7-5-16)22(27)15-21(26-20-11-9-19(25)10-12-20)18-8-13-23(28-2)24(14-18)29-3/h4-14,21-22,26-27H,15H2,1-3H3. The van der Waals surface area contributed by atoms with Crippen LogP contribution in [0.3, 0.4) is 0 Å². The van der Waals surface area contributed by atoms with Crippen LogP contribution in [0.1, 0.15) is 35.3 Å². The van der Waals surface area contributed by atoms with E-state index in [4.69, 9.17) is 9.47 Å². The molecule has 0 saturated carbocycles. The molecule has 29 heavy (non-hydrogen) atoms. The molecule has 3 rings (SSSR count). The number of rotatable bonds is 8. The van der Waals surface area contributed by atoms with E-state index in [1.54, 1.807) is 14.2 Å². The molecule has 4 nitrogen and oxygen atoms in total. The average molecular weight is 503 g/mol. The highest BCUT2D eigenvalue weighted by atomic mass is 127. The van der Waals surface area contributed by atoms with Crippen LogP contribution < -0.4 is 14.8 Å². The van der Waals surface area contributed by atoms with Crippen LogP contribution in [-0.4, -0.2) is 19.3 Å². The van der Waals surface area contributed by atoms with Gasteiger partial charge in [0.15, 0.2) is 11.5 Å². The lowest BCUT2D eigenvalue weighted by Gasteiger charge is -2.24. The fourth-order valence-electron chi connectivity index (χ4n) is 3.24. The maximum atomic E-state index is 10.9. The van der Waals surface area contributed by atoms with Gasteiger partial charge in [0.1, 0.15) is 0 Å². The maximum Gasteiger partial charge on any atom is 0.161 e. The predicted octanol–water partition coefficient (Wildman–Crippen LogP) is 5.89. The smallest absolute Gasteiger partial charge is 0.161 e. The van der Waals surface area contributed by atoms with Gasteiger partial charge >= 0.3 is 0 Å². The van der Waals surface area contributed by atoms with E-state index in [0.29, 0.717) is 17.9 Å². The SMILES string of the molecule is COc1ccc(C(CC(O)c2ccc(C)cc2)Nc2ccc(I)cc2)cc1OC. The fourth-order valence-corrected chi connectivity index (χ4v) is 3.60. The summed E-state index contributed by atoms with van der Waals surface area (Å²) in [5.41, 5.74) is 4.11. The first-order valence-corrected chi connectivity index (χ1v) is 10.6. The number of anilines is 1. The Bertz CT molecular complexity index is 926. The molecule has 5 heteroatoms. The zero-order chi connectivity index (χ0) is 20.8. The molecule has 0 spiro atoms. The average Bonchev–Trinajstić information content (AvgIpc) is 2.74. The van der Waals surface area contributed by atoms with Crippen molar-refractivity contribution in [2.45, 2.75) is 25.5 Å². The normalized spacial score (nSPS) is 12.9. The number of aryl methyl sites for hydroxylation is 1. The molecule has 0 bridgehead atoms. The third-order valence-corrected chi connectivity index (χ3v) is 5.64. The van der Waals surface area contributed by atoms with E-state index in [9.17, 15) is 5.11 Å². The minimum atomic E-state index is -0.593. The summed E-state index contributed by atoms with van der Waals surface area (Å²) in [6.07, 6.45) is -0.0742. The van der Waals surface area contributed by atoms with E-state index < -0.39 is 6.10 Å². The van der Waals surface area contributed by atoms with Crippen LogP contribution in [0.5, 0.6) is 11.5 Å². The van der Waals surface area contributed by atoms with E-state index in [2.05, 4.69) is 40.0 Å². The summed E-state index contributed by atoms with van der Waals surface area (Å²) in [5.74, 6) is 1.35. The lowest BCUT2D eigenvalue weighted by atomic mass is 9.95. The van der Waals surface area contributed by atoms with Crippen LogP contribution in [0.4, 0.5) is 5.69 Å². The molecule has 2 unspecified atom stereocenters. The van der Waals surface area contributed by atoms with Gasteiger partial charge in [-0.3, -0.25) is 0 Å². The Morgan fingerprint density at radius 3 is 2.10 bits per heavy atom. The van der Waals surface area contributed by atoms with E-state index in [1.807, 2.05) is 61.5 Å². The molecule has 0 aliphatic rings. The molecule has 3 aromatic rings. The second-order valence-corrected chi connectivity index (χ2v) is 8.23. The molecule has 0 radical (unpaired) electrons. The quantitative estimate of drug-likeness (QED) is 0.377. The second-order valence-electron chi connectivity index (χ2n) is 6.98. The highest BCUT2D eigenvalue weighted by molar-refractivity contribution is 14.1. The number of aliphatic hydroxyl groups excluding tert-OH is 1. The third kappa shape index (κ3) is 5.64. The first kappa shape index (κ1) is 21.5. The van der Waals surface area contributed by atoms with Crippen molar-refractivity contribution in [2.75, 3.05) is 19.5 Å². The predicted molar refractivity (Wildman–Crippen MR) is 126 cm³/mol. The topological polar surface area (TPSA) is 50.7 Å². The fraction of sp³-hybridized carbons (Fsp3) is 0.250. The van der Waals surface area contributed by atoms with Gasteiger partial charge in [-0.1, -0.05) is 35.9 Å². The van der Waals surface area contributed by atoms with Gasteiger partial charge in [-0.2, -0.15) is 0 Å². The van der Waals surface area contributed by atoms with Crippen molar-refractivity contribution in [3.63, 3.8) is 0 Å². The zero-order valence-electron chi connectivity index (χ0n) is 16.9. The van der Waals surface area contributed by atoms with Crippen molar-refractivity contribution in [1.82, 2.24) is 0 Å². The number of benzene rings is 3. The van der Waals surface area contributed by atoms with Gasteiger partial charge < -0.3 is 19.9 Å². The van der Waals surface area contributed by atoms with Crippen LogP contribution in [-0.2, 0) is 0 Å². The minimum Gasteiger partial charge on any atom is -0.493 e. The number of ether oxygens (including phenoxy) is 2. The van der Waals surface area contributed by atoms with Crippen molar-refractivity contribution in [3.8, 4) is 11.5 Å². The number of nitrogens with one attached hydrogen (secondary N) is 1. The van der Waals surface area contributed by atoms with Crippen LogP contribution in [0.2, 0.25) is 0 Å². The molecule has 0 fully saturated rings. The number of hydrogen-bond donors (Lipinski definition) is 2. The molecule has 2 N–H and O–H groups in total. The molecule has 0 saturated heterocycles. The van der Waals surface area contributed by atoms with Crippen LogP contribution in [0.25, 0.3) is 0 Å². The number of hydrogen-bond acceptors (Lipinski definition) is 4. The Kier molecular flexibility index (Phi) is 7.39. The summed E-state index contributed by atoms with van der Waals surface area (Å²) in [7, 11) is 3.25. The Morgan fingerprint density at radius 2 is 1.48 bits per heavy atom. The largest absolute Gasteiger partial charge is 0.493 e. The summed E-state index contributed by atoms with van der Waals surface area (Å²) in [4.78, 5) is 0. The van der Waals surface area contributed by atoms with Crippen molar-refractivity contribution in [1.29, 1.82) is 0 Å². The van der Waals surface area contributed by atoms with Crippen molar-refractivity contribution < 1.29 is 14.6 Å². The summed E-state index contributed by atoms with van der Waals surface area (Å²) < 4.78 is 12.0. The van der Waals surface area contributed by atoms with E-state index in [0.717, 1.165) is 16.8 Å². The molecular formula is C24H26INO3. The number of methoxy groups -OCH3 is 2. The first-order chi connectivity index (χ1) is 14.0. The Morgan fingerprint density at radius 1 is 0.862 bits per heavy atom. The van der Waals surface area contributed by atoms with Gasteiger partial charge in [-0.05, 0) is 77.0 Å². The molecule has 0 aliphatic heterocycles. The monoisotopic (exact) mass is 503 g/mol. The summed E-state index contributed by atoms with van der Waals surface area (Å²) in [5, 5.41) is 14.5. The van der Waals surface area contributed by atoms with Crippen LogP contribution in [0.15, 0.2) is 66.7 Å². The maximum absolute atomic E-state index is 10.9. The van der Waals surface area contributed by atoms with Crippen molar-refractivity contribution in [3.05, 3.63) is 87.0 Å². The van der Waals surface area contributed by atoms with Crippen molar-refractivity contribution >= 4 is 28.3 Å². The molecule has 3 aromatic carbocycles. The molecule has 2 atom stereocenters. The number of halogens is 1. The van der Waals surface area contributed by atoms with Gasteiger partial charge in [-0.15, -0.1) is 0 Å². The van der Waals surface area contributed by atoms with Crippen LogP contribution in [0, 0.1) is 10.5 Å². The summed E-state index contributed by atoms with van der Waals surface area (Å²) in [6.45, 7) is 2.04. The molecule has 152 valence electrons. The van der Waals surface area contributed by atoms with E-state index in [1.165, 1.54) is 9.13 Å². The van der Waals surface area contributed by atoms with Gasteiger partial charge in [0.2, 0.25) is 0 Å². The van der Waals surface area contributed by atoms with Crippen molar-refractivity contribution in [2.24, 2.45) is 0 Å². The van der Waals surface area contributed by atoms with E-state index in [-0.39, 0.29) is 6.04 Å². The van der Waals surface area contributed by atoms with Gasteiger partial charge in [0, 0.05) is 15.7 Å². The molecule has 0 aromatic heterocycles. The van der Waals surface area contributed by atoms with Gasteiger partial charge in [0.05, 0.1) is 26.4 Å². The second kappa shape index (κ2) is 9.98. The third-order valence-electron chi connectivity index (χ3n) is 4.92.